The molecule has 0 radical (unpaired) electrons. The van der Waals surface area contributed by atoms with E-state index >= 15 is 0 Å². The molecule has 1 aromatic carbocycles. The summed E-state index contributed by atoms with van der Waals surface area (Å²) in [6.07, 6.45) is 3.76. The van der Waals surface area contributed by atoms with Crippen LogP contribution in [0.4, 0.5) is 0 Å². The van der Waals surface area contributed by atoms with Gasteiger partial charge in [0.2, 0.25) is 0 Å². The molecule has 0 aliphatic carbocycles. The number of hydrogen-bond donors (Lipinski definition) is 1. The Hall–Kier alpha value is -2.60. The van der Waals surface area contributed by atoms with Crippen LogP contribution < -0.4 is 4.74 Å². The van der Waals surface area contributed by atoms with E-state index in [0.717, 1.165) is 49.8 Å². The fraction of sp³-hybridized carbons (Fsp3) is 0.333. The number of H-pyrrole nitrogens is 1. The van der Waals surface area contributed by atoms with Crippen LogP contribution in [0.1, 0.15) is 30.3 Å². The van der Waals surface area contributed by atoms with Crippen LogP contribution in [0.25, 0.3) is 0 Å². The Kier molecular flexibility index (Phi) is 4.29. The van der Waals surface area contributed by atoms with E-state index in [1.165, 1.54) is 0 Å². The van der Waals surface area contributed by atoms with E-state index in [2.05, 4.69) is 20.1 Å². The molecule has 1 fully saturated rings. The summed E-state index contributed by atoms with van der Waals surface area (Å²) < 4.78 is 11.5. The van der Waals surface area contributed by atoms with Crippen molar-refractivity contribution in [1.82, 2.24) is 20.1 Å². The zero-order chi connectivity index (χ0) is 16.2. The summed E-state index contributed by atoms with van der Waals surface area (Å²) in [4.78, 5) is 6.67. The van der Waals surface area contributed by atoms with Gasteiger partial charge in [-0.3, -0.25) is 10.00 Å². The van der Waals surface area contributed by atoms with Crippen molar-refractivity contribution in [3.8, 4) is 11.7 Å². The summed E-state index contributed by atoms with van der Waals surface area (Å²) in [6.45, 7) is 2.86. The summed E-state index contributed by atoms with van der Waals surface area (Å²) in [7, 11) is 0. The Labute approximate surface area is 140 Å². The van der Waals surface area contributed by atoms with Crippen LogP contribution in [0.3, 0.4) is 0 Å². The summed E-state index contributed by atoms with van der Waals surface area (Å²) >= 11 is 0. The van der Waals surface area contributed by atoms with Gasteiger partial charge in [0.25, 0.3) is 5.95 Å². The van der Waals surface area contributed by atoms with Gasteiger partial charge in [-0.05, 0) is 44.1 Å². The fourth-order valence-electron chi connectivity index (χ4n) is 3.10. The smallest absolute Gasteiger partial charge is 0.290 e. The standard InChI is InChI=1S/C18H20N4O2/c1-2-4-15(5-3-1)23-17-7-6-16(24-17)12-22-10-8-14(9-11-22)18-19-13-20-21-18/h1-7,13-14H,8-12H2,(H,19,20,21). The lowest BCUT2D eigenvalue weighted by Gasteiger charge is -2.30. The van der Waals surface area contributed by atoms with Crippen LogP contribution in [0, 0.1) is 0 Å². The van der Waals surface area contributed by atoms with E-state index in [-0.39, 0.29) is 0 Å². The van der Waals surface area contributed by atoms with Crippen LogP contribution in [-0.2, 0) is 6.54 Å². The molecule has 0 unspecified atom stereocenters. The Morgan fingerprint density at radius 1 is 1.12 bits per heavy atom. The van der Waals surface area contributed by atoms with Crippen LogP contribution in [0.2, 0.25) is 0 Å². The average molecular weight is 324 g/mol. The summed E-state index contributed by atoms with van der Waals surface area (Å²) in [6, 6.07) is 13.5. The topological polar surface area (TPSA) is 67.2 Å². The van der Waals surface area contributed by atoms with Gasteiger partial charge in [0.1, 0.15) is 23.7 Å². The molecule has 1 saturated heterocycles. The number of nitrogens with zero attached hydrogens (tertiary/aromatic N) is 3. The fourth-order valence-corrected chi connectivity index (χ4v) is 3.10. The molecule has 3 aromatic rings. The monoisotopic (exact) mass is 324 g/mol. The number of ether oxygens (including phenoxy) is 1. The zero-order valence-corrected chi connectivity index (χ0v) is 13.4. The van der Waals surface area contributed by atoms with Crippen molar-refractivity contribution in [2.45, 2.75) is 25.3 Å². The molecule has 6 heteroatoms. The van der Waals surface area contributed by atoms with Crippen LogP contribution in [0.5, 0.6) is 11.7 Å². The van der Waals surface area contributed by atoms with Gasteiger partial charge < -0.3 is 9.15 Å². The minimum atomic E-state index is 0.484. The molecule has 0 spiro atoms. The van der Waals surface area contributed by atoms with Gasteiger partial charge >= 0.3 is 0 Å². The SMILES string of the molecule is c1ccc(Oc2ccc(CN3CCC(c4ncn[nH]4)CC3)o2)cc1. The zero-order valence-electron chi connectivity index (χ0n) is 13.4. The number of likely N-dealkylation sites (tertiary alicyclic amines) is 1. The molecule has 3 heterocycles. The maximum atomic E-state index is 5.80. The number of aromatic amines is 1. The van der Waals surface area contributed by atoms with Crippen molar-refractivity contribution < 1.29 is 9.15 Å². The quantitative estimate of drug-likeness (QED) is 0.777. The predicted molar refractivity (Wildman–Crippen MR) is 88.9 cm³/mol. The molecule has 1 aliphatic heterocycles. The van der Waals surface area contributed by atoms with Crippen LogP contribution in [0.15, 0.2) is 53.2 Å². The van der Waals surface area contributed by atoms with Crippen molar-refractivity contribution in [2.75, 3.05) is 13.1 Å². The van der Waals surface area contributed by atoms with Crippen molar-refractivity contribution in [2.24, 2.45) is 0 Å². The Balaban J connectivity index is 1.30. The van der Waals surface area contributed by atoms with E-state index in [1.54, 1.807) is 6.33 Å². The second kappa shape index (κ2) is 6.88. The number of hydrogen-bond acceptors (Lipinski definition) is 5. The van der Waals surface area contributed by atoms with Crippen molar-refractivity contribution in [1.29, 1.82) is 0 Å². The molecule has 4 rings (SSSR count). The Morgan fingerprint density at radius 3 is 2.71 bits per heavy atom. The molecule has 0 saturated carbocycles. The number of benzene rings is 1. The molecule has 0 amide bonds. The van der Waals surface area contributed by atoms with Crippen LogP contribution in [-0.4, -0.2) is 33.2 Å². The maximum absolute atomic E-state index is 5.80. The number of piperidine rings is 1. The lowest BCUT2D eigenvalue weighted by molar-refractivity contribution is 0.184. The molecule has 2 aromatic heterocycles. The van der Waals surface area contributed by atoms with Crippen LogP contribution >= 0.6 is 0 Å². The first-order valence-electron chi connectivity index (χ1n) is 8.26. The lowest BCUT2D eigenvalue weighted by Crippen LogP contribution is -2.32. The van der Waals surface area contributed by atoms with Gasteiger partial charge in [0, 0.05) is 12.0 Å². The van der Waals surface area contributed by atoms with Gasteiger partial charge in [-0.25, -0.2) is 4.98 Å². The number of nitrogens with one attached hydrogen (secondary N) is 1. The number of furan rings is 1. The van der Waals surface area contributed by atoms with Crippen molar-refractivity contribution in [3.63, 3.8) is 0 Å². The number of para-hydroxylation sites is 1. The third-order valence-corrected chi connectivity index (χ3v) is 4.39. The third kappa shape index (κ3) is 3.49. The van der Waals surface area contributed by atoms with Crippen molar-refractivity contribution >= 4 is 0 Å². The molecule has 1 N–H and O–H groups in total. The third-order valence-electron chi connectivity index (χ3n) is 4.39. The molecule has 124 valence electrons. The predicted octanol–water partition coefficient (Wildman–Crippen LogP) is 3.57. The lowest BCUT2D eigenvalue weighted by atomic mass is 9.96. The van der Waals surface area contributed by atoms with E-state index in [1.807, 2.05) is 42.5 Å². The molecule has 1 aliphatic rings. The molecular formula is C18H20N4O2. The number of rotatable bonds is 5. The largest absolute Gasteiger partial charge is 0.429 e. The summed E-state index contributed by atoms with van der Waals surface area (Å²) in [5.41, 5.74) is 0. The first kappa shape index (κ1) is 15.0. The van der Waals surface area contributed by atoms with Gasteiger partial charge in [0.15, 0.2) is 0 Å². The maximum Gasteiger partial charge on any atom is 0.290 e. The second-order valence-corrected chi connectivity index (χ2v) is 6.06. The Bertz CT molecular complexity index is 746. The highest BCUT2D eigenvalue weighted by atomic mass is 16.6. The first-order valence-corrected chi connectivity index (χ1v) is 8.26. The van der Waals surface area contributed by atoms with Gasteiger partial charge in [-0.2, -0.15) is 5.10 Å². The minimum Gasteiger partial charge on any atom is -0.429 e. The summed E-state index contributed by atoms with van der Waals surface area (Å²) in [5, 5.41) is 6.93. The Morgan fingerprint density at radius 2 is 1.96 bits per heavy atom. The molecule has 6 nitrogen and oxygen atoms in total. The van der Waals surface area contributed by atoms with Gasteiger partial charge in [-0.1, -0.05) is 18.2 Å². The van der Waals surface area contributed by atoms with Crippen molar-refractivity contribution in [3.05, 3.63) is 60.4 Å². The van der Waals surface area contributed by atoms with Gasteiger partial charge in [-0.15, -0.1) is 0 Å². The van der Waals surface area contributed by atoms with E-state index in [4.69, 9.17) is 9.15 Å². The highest BCUT2D eigenvalue weighted by Crippen LogP contribution is 2.28. The normalized spacial score (nSPS) is 16.3. The van der Waals surface area contributed by atoms with E-state index < -0.39 is 0 Å². The summed E-state index contributed by atoms with van der Waals surface area (Å²) in [5.74, 6) is 3.74. The minimum absolute atomic E-state index is 0.484. The molecule has 24 heavy (non-hydrogen) atoms. The van der Waals surface area contributed by atoms with E-state index in [9.17, 15) is 0 Å². The molecule has 0 bridgehead atoms. The second-order valence-electron chi connectivity index (χ2n) is 6.06. The van der Waals surface area contributed by atoms with E-state index in [0.29, 0.717) is 11.9 Å². The first-order chi connectivity index (χ1) is 11.9. The molecular weight excluding hydrogens is 304 g/mol. The average Bonchev–Trinajstić information content (AvgIpc) is 3.29. The van der Waals surface area contributed by atoms with Gasteiger partial charge in [0.05, 0.1) is 6.54 Å². The highest BCUT2D eigenvalue weighted by molar-refractivity contribution is 5.26. The highest BCUT2D eigenvalue weighted by Gasteiger charge is 2.23. The molecule has 0 atom stereocenters. The number of aromatic nitrogens is 3.